The number of allylic oxidation sites excluding steroid dienone is 2. The minimum Gasteiger partial charge on any atom is -0.454 e. The number of hydrogen-bond donors (Lipinski definition) is 0. The lowest BCUT2D eigenvalue weighted by molar-refractivity contribution is -0.149. The Morgan fingerprint density at radius 1 is 1.21 bits per heavy atom. The molecule has 0 aromatic heterocycles. The molecule has 0 spiro atoms. The van der Waals surface area contributed by atoms with Crippen molar-refractivity contribution in [3.05, 3.63) is 70.0 Å². The molecule has 10 heteroatoms. The van der Waals surface area contributed by atoms with Gasteiger partial charge < -0.3 is 9.47 Å². The molecule has 174 valence electrons. The molecule has 2 aromatic carbocycles. The monoisotopic (exact) mass is 501 g/mol. The Morgan fingerprint density at radius 3 is 2.42 bits per heavy atom. The van der Waals surface area contributed by atoms with Crippen molar-refractivity contribution in [2.75, 3.05) is 0 Å². The van der Waals surface area contributed by atoms with E-state index in [1.54, 1.807) is 32.0 Å². The van der Waals surface area contributed by atoms with Crippen LogP contribution in [0.15, 0.2) is 53.6 Å². The van der Waals surface area contributed by atoms with Crippen LogP contribution < -0.4 is 4.74 Å². The summed E-state index contributed by atoms with van der Waals surface area (Å²) in [4.78, 5) is 12.6. The Labute approximate surface area is 197 Å². The highest BCUT2D eigenvalue weighted by Crippen LogP contribution is 2.60. The highest BCUT2D eigenvalue weighted by Gasteiger charge is 2.62. The van der Waals surface area contributed by atoms with E-state index in [4.69, 9.17) is 32.7 Å². The zero-order valence-electron chi connectivity index (χ0n) is 17.3. The molecule has 0 unspecified atom stereocenters. The predicted octanol–water partition coefficient (Wildman–Crippen LogP) is 7.34. The van der Waals surface area contributed by atoms with Crippen LogP contribution in [0, 0.1) is 34.4 Å². The fourth-order valence-corrected chi connectivity index (χ4v) is 3.70. The third-order valence-electron chi connectivity index (χ3n) is 5.41. The van der Waals surface area contributed by atoms with Crippen molar-refractivity contribution in [3.8, 4) is 17.6 Å². The van der Waals surface area contributed by atoms with Gasteiger partial charge in [-0.15, -0.1) is 0 Å². The number of nitrogens with zero attached hydrogens (tertiary/aromatic N) is 1. The van der Waals surface area contributed by atoms with Gasteiger partial charge in [-0.2, -0.15) is 18.4 Å². The Kier molecular flexibility index (Phi) is 6.96. The van der Waals surface area contributed by atoms with Crippen molar-refractivity contribution in [1.82, 2.24) is 0 Å². The highest BCUT2D eigenvalue weighted by molar-refractivity contribution is 6.30. The van der Waals surface area contributed by atoms with Gasteiger partial charge in [0.05, 0.1) is 5.92 Å². The number of hydrogen-bond acceptors (Lipinski definition) is 4. The molecular formula is C23H17Cl2F4NO3. The maximum absolute atomic E-state index is 14.2. The van der Waals surface area contributed by atoms with Gasteiger partial charge in [-0.05, 0) is 47.7 Å². The van der Waals surface area contributed by atoms with E-state index in [0.717, 1.165) is 12.1 Å². The number of benzene rings is 2. The van der Waals surface area contributed by atoms with Crippen LogP contribution >= 0.6 is 23.2 Å². The summed E-state index contributed by atoms with van der Waals surface area (Å²) < 4.78 is 63.2. The SMILES string of the molecule is CC1(C)[C@H](C(=O)O[C@H](C#N)c2ccc(F)c(Oc3ccc(Cl)cc3)c2)[C@@H]1/C=C(\Cl)C(F)(F)F. The molecule has 0 amide bonds. The van der Waals surface area contributed by atoms with Crippen molar-refractivity contribution in [1.29, 1.82) is 5.26 Å². The first-order chi connectivity index (χ1) is 15.3. The molecular weight excluding hydrogens is 485 g/mol. The fraction of sp³-hybridized carbons (Fsp3) is 0.304. The Bertz CT molecular complexity index is 1120. The lowest BCUT2D eigenvalue weighted by Crippen LogP contribution is -2.15. The molecule has 3 rings (SSSR count). The van der Waals surface area contributed by atoms with E-state index in [9.17, 15) is 27.6 Å². The zero-order valence-corrected chi connectivity index (χ0v) is 18.8. The second-order valence-corrected chi connectivity index (χ2v) is 8.87. The van der Waals surface area contributed by atoms with E-state index in [2.05, 4.69) is 0 Å². The van der Waals surface area contributed by atoms with Gasteiger partial charge in [0.25, 0.3) is 0 Å². The third kappa shape index (κ3) is 5.60. The van der Waals surface area contributed by atoms with Crippen LogP contribution in [0.1, 0.15) is 25.5 Å². The first kappa shape index (κ1) is 24.9. The minimum absolute atomic E-state index is 0.134. The van der Waals surface area contributed by atoms with Crippen molar-refractivity contribution >= 4 is 29.2 Å². The molecule has 1 fully saturated rings. The van der Waals surface area contributed by atoms with E-state index in [1.807, 2.05) is 0 Å². The molecule has 0 saturated heterocycles. The van der Waals surface area contributed by atoms with Crippen LogP contribution in [-0.4, -0.2) is 12.1 Å². The summed E-state index contributed by atoms with van der Waals surface area (Å²) in [7, 11) is 0. The van der Waals surface area contributed by atoms with Crippen molar-refractivity contribution < 1.29 is 31.8 Å². The molecule has 1 aliphatic carbocycles. The van der Waals surface area contributed by atoms with Crippen molar-refractivity contribution in [3.63, 3.8) is 0 Å². The molecule has 33 heavy (non-hydrogen) atoms. The van der Waals surface area contributed by atoms with Crippen LogP contribution in [0.4, 0.5) is 17.6 Å². The molecule has 3 atom stereocenters. The summed E-state index contributed by atoms with van der Waals surface area (Å²) in [5.41, 5.74) is -0.705. The predicted molar refractivity (Wildman–Crippen MR) is 113 cm³/mol. The summed E-state index contributed by atoms with van der Waals surface area (Å²) >= 11 is 11.1. The molecule has 4 nitrogen and oxygen atoms in total. The fourth-order valence-electron chi connectivity index (χ4n) is 3.44. The van der Waals surface area contributed by atoms with Crippen LogP contribution in [0.25, 0.3) is 0 Å². The van der Waals surface area contributed by atoms with Gasteiger partial charge in [0.15, 0.2) is 11.6 Å². The smallest absolute Gasteiger partial charge is 0.426 e. The minimum atomic E-state index is -4.72. The summed E-state index contributed by atoms with van der Waals surface area (Å²) in [6, 6.07) is 11.4. The van der Waals surface area contributed by atoms with Gasteiger partial charge in [-0.3, -0.25) is 4.79 Å². The van der Waals surface area contributed by atoms with E-state index in [1.165, 1.54) is 24.3 Å². The number of nitriles is 1. The first-order valence-corrected chi connectivity index (χ1v) is 10.4. The number of carbonyl (C=O) groups excluding carboxylic acids is 1. The number of ether oxygens (including phenoxy) is 2. The maximum atomic E-state index is 14.2. The van der Waals surface area contributed by atoms with Gasteiger partial charge in [0.1, 0.15) is 16.9 Å². The summed E-state index contributed by atoms with van der Waals surface area (Å²) in [5, 5.41) is 8.64. The van der Waals surface area contributed by atoms with Gasteiger partial charge in [0, 0.05) is 10.6 Å². The van der Waals surface area contributed by atoms with Gasteiger partial charge in [0.2, 0.25) is 6.10 Å². The number of alkyl halides is 3. The quantitative estimate of drug-likeness (QED) is 0.307. The summed E-state index contributed by atoms with van der Waals surface area (Å²) in [5.74, 6) is -3.23. The van der Waals surface area contributed by atoms with Crippen LogP contribution in [0.2, 0.25) is 5.02 Å². The number of carbonyl (C=O) groups is 1. The Balaban J connectivity index is 1.76. The number of esters is 1. The zero-order chi connectivity index (χ0) is 24.6. The molecule has 1 aliphatic rings. The van der Waals surface area contributed by atoms with E-state index in [-0.39, 0.29) is 17.1 Å². The van der Waals surface area contributed by atoms with E-state index < -0.39 is 46.3 Å². The van der Waals surface area contributed by atoms with Crippen LogP contribution in [0.3, 0.4) is 0 Å². The molecule has 2 aromatic rings. The molecule has 1 saturated carbocycles. The Hall–Kier alpha value is -2.76. The van der Waals surface area contributed by atoms with Gasteiger partial charge in [-0.1, -0.05) is 49.2 Å². The molecule has 0 heterocycles. The molecule has 0 bridgehead atoms. The molecule has 0 radical (unpaired) electrons. The van der Waals surface area contributed by atoms with Gasteiger partial charge >= 0.3 is 12.1 Å². The highest BCUT2D eigenvalue weighted by atomic mass is 35.5. The van der Waals surface area contributed by atoms with Crippen LogP contribution in [-0.2, 0) is 9.53 Å². The lowest BCUT2D eigenvalue weighted by Gasteiger charge is -2.14. The van der Waals surface area contributed by atoms with Gasteiger partial charge in [-0.25, -0.2) is 4.39 Å². The average molecular weight is 502 g/mol. The number of halogens is 6. The topological polar surface area (TPSA) is 59.3 Å². The van der Waals surface area contributed by atoms with Crippen molar-refractivity contribution in [2.24, 2.45) is 17.3 Å². The average Bonchev–Trinajstić information content (AvgIpc) is 3.28. The number of rotatable bonds is 6. The second-order valence-electron chi connectivity index (χ2n) is 8.03. The third-order valence-corrected chi connectivity index (χ3v) is 6.00. The standard InChI is InChI=1S/C23H17Cl2F4NO3/c1-22(2)15(10-19(25)23(27,28)29)20(22)21(31)33-18(11-30)12-3-8-16(26)17(9-12)32-14-6-4-13(24)5-7-14/h3-10,15,18,20H,1-2H3/b19-10-/t15-,18+,20-/m0/s1. The first-order valence-electron chi connectivity index (χ1n) is 9.62. The summed E-state index contributed by atoms with van der Waals surface area (Å²) in [6.07, 6.45) is -5.37. The van der Waals surface area contributed by atoms with E-state index >= 15 is 0 Å². The molecule has 0 N–H and O–H groups in total. The maximum Gasteiger partial charge on any atom is 0.426 e. The van der Waals surface area contributed by atoms with Crippen LogP contribution in [0.5, 0.6) is 11.5 Å². The van der Waals surface area contributed by atoms with E-state index in [0.29, 0.717) is 5.02 Å². The normalized spacial score (nSPS) is 20.5. The lowest BCUT2D eigenvalue weighted by atomic mass is 10.1. The van der Waals surface area contributed by atoms with Crippen molar-refractivity contribution in [2.45, 2.75) is 26.1 Å². The largest absolute Gasteiger partial charge is 0.454 e. The molecule has 0 aliphatic heterocycles. The second kappa shape index (κ2) is 9.24. The summed E-state index contributed by atoms with van der Waals surface area (Å²) in [6.45, 7) is 3.19. The Morgan fingerprint density at radius 2 is 1.85 bits per heavy atom.